The van der Waals surface area contributed by atoms with E-state index in [1.807, 2.05) is 72.5 Å². The fraction of sp³-hybridized carbons (Fsp3) is 0.231. The number of para-hydroxylation sites is 1. The first-order chi connectivity index (χ1) is 15.5. The van der Waals surface area contributed by atoms with Crippen molar-refractivity contribution < 1.29 is 9.59 Å². The summed E-state index contributed by atoms with van der Waals surface area (Å²) in [6.45, 7) is 5.05. The summed E-state index contributed by atoms with van der Waals surface area (Å²) in [7, 11) is 0. The van der Waals surface area contributed by atoms with Gasteiger partial charge in [-0.25, -0.2) is 4.79 Å². The molecule has 0 unspecified atom stereocenters. The Kier molecular flexibility index (Phi) is 5.18. The number of fused-ring (bicyclic) bond motifs is 2. The molecule has 3 amide bonds. The number of aryl methyl sites for hydroxylation is 2. The van der Waals surface area contributed by atoms with E-state index in [-0.39, 0.29) is 11.9 Å². The van der Waals surface area contributed by atoms with Crippen molar-refractivity contribution in [2.45, 2.75) is 25.3 Å². The molecular weight excluding hydrogens is 418 g/mol. The number of amides is 3. The largest absolute Gasteiger partial charge is 0.323 e. The predicted molar refractivity (Wildman–Crippen MR) is 130 cm³/mol. The van der Waals surface area contributed by atoms with Gasteiger partial charge in [-0.1, -0.05) is 54.6 Å². The molecule has 3 aromatic carbocycles. The summed E-state index contributed by atoms with van der Waals surface area (Å²) in [5.41, 5.74) is 5.82. The van der Waals surface area contributed by atoms with Gasteiger partial charge in [0.1, 0.15) is 0 Å². The molecule has 0 aromatic heterocycles. The number of benzene rings is 3. The van der Waals surface area contributed by atoms with Crippen molar-refractivity contribution in [3.05, 3.63) is 95.1 Å². The van der Waals surface area contributed by atoms with Gasteiger partial charge >= 0.3 is 6.03 Å². The highest BCUT2D eigenvalue weighted by molar-refractivity contribution is 8.01. The number of anilines is 2. The summed E-state index contributed by atoms with van der Waals surface area (Å²) in [5, 5.41) is 3.00. The van der Waals surface area contributed by atoms with Crippen LogP contribution in [0.25, 0.3) is 0 Å². The van der Waals surface area contributed by atoms with Gasteiger partial charge in [0.15, 0.2) is 4.87 Å². The Labute approximate surface area is 192 Å². The Bertz CT molecular complexity index is 1210. The van der Waals surface area contributed by atoms with E-state index in [4.69, 9.17) is 0 Å². The molecule has 0 aliphatic carbocycles. The fourth-order valence-corrected chi connectivity index (χ4v) is 6.06. The summed E-state index contributed by atoms with van der Waals surface area (Å²) >= 11 is 1.55. The van der Waals surface area contributed by atoms with Crippen molar-refractivity contribution in [1.82, 2.24) is 4.90 Å². The second-order valence-corrected chi connectivity index (χ2v) is 9.57. The quantitative estimate of drug-likeness (QED) is 0.599. The number of nitrogens with one attached hydrogen (secondary N) is 1. The van der Waals surface area contributed by atoms with Crippen LogP contribution in [-0.2, 0) is 16.2 Å². The zero-order chi connectivity index (χ0) is 22.3. The van der Waals surface area contributed by atoms with Crippen LogP contribution in [0.3, 0.4) is 0 Å². The maximum absolute atomic E-state index is 14.0. The van der Waals surface area contributed by atoms with Crippen molar-refractivity contribution in [3.8, 4) is 0 Å². The number of nitrogens with zero attached hydrogens (tertiary/aromatic N) is 2. The summed E-state index contributed by atoms with van der Waals surface area (Å²) in [6, 6.07) is 23.4. The van der Waals surface area contributed by atoms with E-state index >= 15 is 0 Å². The van der Waals surface area contributed by atoms with Crippen molar-refractivity contribution in [2.24, 2.45) is 0 Å². The van der Waals surface area contributed by atoms with Gasteiger partial charge in [0.05, 0.1) is 12.2 Å². The molecule has 1 N–H and O–H groups in total. The molecular formula is C26H25N3O2S. The van der Waals surface area contributed by atoms with Gasteiger partial charge in [0.25, 0.3) is 5.91 Å². The lowest BCUT2D eigenvalue weighted by molar-refractivity contribution is -0.123. The van der Waals surface area contributed by atoms with Gasteiger partial charge in [-0.2, -0.15) is 0 Å². The number of carbonyl (C=O) groups excluding carboxylic acids is 2. The molecule has 2 aliphatic heterocycles. The molecule has 32 heavy (non-hydrogen) atoms. The number of carbonyl (C=O) groups is 2. The third-order valence-electron chi connectivity index (χ3n) is 6.21. The number of hydrogen-bond acceptors (Lipinski definition) is 3. The van der Waals surface area contributed by atoms with E-state index in [9.17, 15) is 9.59 Å². The highest BCUT2D eigenvalue weighted by atomic mass is 32.2. The Balaban J connectivity index is 1.52. The molecule has 1 spiro atoms. The topological polar surface area (TPSA) is 52.7 Å². The van der Waals surface area contributed by atoms with E-state index in [1.165, 1.54) is 0 Å². The van der Waals surface area contributed by atoms with Gasteiger partial charge < -0.3 is 10.2 Å². The minimum Gasteiger partial charge on any atom is -0.308 e. The molecule has 0 saturated carbocycles. The van der Waals surface area contributed by atoms with Crippen LogP contribution < -0.4 is 10.2 Å². The van der Waals surface area contributed by atoms with Crippen LogP contribution in [0.5, 0.6) is 0 Å². The van der Waals surface area contributed by atoms with Crippen LogP contribution in [0.15, 0.2) is 72.8 Å². The maximum atomic E-state index is 14.0. The van der Waals surface area contributed by atoms with Gasteiger partial charge in [-0.05, 0) is 48.7 Å². The SMILES string of the molecule is Cc1cccc(NC(=O)N2CCS[C@@]23C(=O)N(Cc2ccccc2C)c2ccccc23)c1. The molecule has 3 aromatic rings. The van der Waals surface area contributed by atoms with Crippen LogP contribution >= 0.6 is 11.8 Å². The number of hydrogen-bond donors (Lipinski definition) is 1. The average molecular weight is 444 g/mol. The van der Waals surface area contributed by atoms with E-state index in [2.05, 4.69) is 24.4 Å². The molecule has 162 valence electrons. The Hall–Kier alpha value is -3.25. The highest BCUT2D eigenvalue weighted by Crippen LogP contribution is 2.54. The predicted octanol–water partition coefficient (Wildman–Crippen LogP) is 5.28. The van der Waals surface area contributed by atoms with Crippen molar-refractivity contribution >= 4 is 35.1 Å². The van der Waals surface area contributed by atoms with E-state index in [0.29, 0.717) is 18.8 Å². The monoisotopic (exact) mass is 443 g/mol. The van der Waals surface area contributed by atoms with E-state index in [0.717, 1.165) is 33.6 Å². The minimum atomic E-state index is -1.03. The van der Waals surface area contributed by atoms with Gasteiger partial charge in [-0.15, -0.1) is 11.8 Å². The zero-order valence-corrected chi connectivity index (χ0v) is 19.0. The van der Waals surface area contributed by atoms with Crippen LogP contribution in [0.4, 0.5) is 16.2 Å². The first-order valence-electron chi connectivity index (χ1n) is 10.8. The average Bonchev–Trinajstić information content (AvgIpc) is 3.33. The molecule has 5 rings (SSSR count). The number of urea groups is 1. The minimum absolute atomic E-state index is 0.0520. The lowest BCUT2D eigenvalue weighted by atomic mass is 10.1. The van der Waals surface area contributed by atoms with Gasteiger partial charge in [0.2, 0.25) is 0 Å². The van der Waals surface area contributed by atoms with Gasteiger partial charge in [0, 0.05) is 23.5 Å². The van der Waals surface area contributed by atoms with Crippen molar-refractivity contribution in [2.75, 3.05) is 22.5 Å². The molecule has 2 heterocycles. The molecule has 1 fully saturated rings. The molecule has 5 nitrogen and oxygen atoms in total. The summed E-state index contributed by atoms with van der Waals surface area (Å²) in [6.07, 6.45) is 0. The highest BCUT2D eigenvalue weighted by Gasteiger charge is 2.59. The van der Waals surface area contributed by atoms with Gasteiger partial charge in [-0.3, -0.25) is 9.69 Å². The van der Waals surface area contributed by atoms with Crippen LogP contribution in [0.1, 0.15) is 22.3 Å². The zero-order valence-electron chi connectivity index (χ0n) is 18.2. The van der Waals surface area contributed by atoms with Crippen LogP contribution in [0.2, 0.25) is 0 Å². The smallest absolute Gasteiger partial charge is 0.308 e. The number of rotatable bonds is 3. The fourth-order valence-electron chi connectivity index (χ4n) is 4.60. The summed E-state index contributed by atoms with van der Waals surface area (Å²) < 4.78 is 0. The van der Waals surface area contributed by atoms with Crippen LogP contribution in [0, 0.1) is 13.8 Å². The summed E-state index contributed by atoms with van der Waals surface area (Å²) in [5.74, 6) is 0.656. The Morgan fingerprint density at radius 1 is 1.03 bits per heavy atom. The lowest BCUT2D eigenvalue weighted by Crippen LogP contribution is -2.51. The van der Waals surface area contributed by atoms with Crippen molar-refractivity contribution in [1.29, 1.82) is 0 Å². The summed E-state index contributed by atoms with van der Waals surface area (Å²) in [4.78, 5) is 29.9. The normalized spacial score (nSPS) is 19.5. The third kappa shape index (κ3) is 3.26. The molecule has 2 aliphatic rings. The Morgan fingerprint density at radius 2 is 1.81 bits per heavy atom. The maximum Gasteiger partial charge on any atom is 0.323 e. The number of thioether (sulfide) groups is 1. The molecule has 1 atom stereocenters. The molecule has 0 bridgehead atoms. The molecule has 1 saturated heterocycles. The second-order valence-electron chi connectivity index (χ2n) is 8.28. The van der Waals surface area contributed by atoms with E-state index < -0.39 is 4.87 Å². The van der Waals surface area contributed by atoms with E-state index in [1.54, 1.807) is 16.7 Å². The Morgan fingerprint density at radius 3 is 2.62 bits per heavy atom. The molecule has 0 radical (unpaired) electrons. The second kappa shape index (κ2) is 8.02. The standard InChI is InChI=1S/C26H25N3O2S/c1-18-8-7-11-21(16-18)27-25(31)29-14-15-32-26(29)22-12-5-6-13-23(22)28(24(26)30)17-20-10-4-3-9-19(20)2/h3-13,16H,14-15,17H2,1-2H3,(H,27,31)/t26-/m0/s1. The lowest BCUT2D eigenvalue weighted by Gasteiger charge is -2.33. The van der Waals surface area contributed by atoms with Crippen molar-refractivity contribution in [3.63, 3.8) is 0 Å². The first-order valence-corrected chi connectivity index (χ1v) is 11.7. The van der Waals surface area contributed by atoms with Crippen LogP contribution in [-0.4, -0.2) is 29.1 Å². The molecule has 6 heteroatoms. The third-order valence-corrected chi connectivity index (χ3v) is 7.62. The first kappa shape index (κ1) is 20.6.